The van der Waals surface area contributed by atoms with E-state index < -0.39 is 5.97 Å². The molecule has 1 aromatic carbocycles. The van der Waals surface area contributed by atoms with Gasteiger partial charge in [0.05, 0.1) is 5.69 Å². The number of pyridine rings is 1. The molecular weight excluding hydrogens is 408 g/mol. The van der Waals surface area contributed by atoms with Crippen LogP contribution in [0.5, 0.6) is 0 Å². The molecule has 2 heterocycles. The Hall–Kier alpha value is -2.44. The molecule has 0 radical (unpaired) electrons. The minimum absolute atomic E-state index is 0.277. The van der Waals surface area contributed by atoms with Crippen LogP contribution in [-0.4, -0.2) is 27.7 Å². The maximum atomic E-state index is 12.1. The smallest absolute Gasteiger partial charge is 0.331 e. The Morgan fingerprint density at radius 3 is 2.76 bits per heavy atom. The van der Waals surface area contributed by atoms with Gasteiger partial charge in [0.2, 0.25) is 5.78 Å². The van der Waals surface area contributed by atoms with E-state index in [1.165, 1.54) is 12.2 Å². The minimum Gasteiger partial charge on any atom is -0.454 e. The second-order valence-electron chi connectivity index (χ2n) is 5.06. The van der Waals surface area contributed by atoms with Crippen LogP contribution in [0.3, 0.4) is 0 Å². The van der Waals surface area contributed by atoms with Gasteiger partial charge < -0.3 is 4.74 Å². The number of hydrogen-bond acceptors (Lipinski definition) is 4. The van der Waals surface area contributed by atoms with Gasteiger partial charge in [0.15, 0.2) is 11.8 Å². The molecule has 3 rings (SSSR count). The molecule has 0 fully saturated rings. The van der Waals surface area contributed by atoms with Crippen LogP contribution in [-0.2, 0) is 9.53 Å². The molecule has 0 saturated heterocycles. The molecule has 0 amide bonds. The third-order valence-corrected chi connectivity index (χ3v) is 4.39. The first-order valence-electron chi connectivity index (χ1n) is 7.31. The molecule has 0 N–H and O–H groups in total. The molecule has 0 aliphatic carbocycles. The molecule has 0 spiro atoms. The summed E-state index contributed by atoms with van der Waals surface area (Å²) in [6.45, 7) is -0.341. The molecule has 2 aromatic heterocycles. The van der Waals surface area contributed by atoms with Gasteiger partial charge in [0.25, 0.3) is 0 Å². The zero-order chi connectivity index (χ0) is 17.8. The van der Waals surface area contributed by atoms with Crippen LogP contribution in [0.25, 0.3) is 11.7 Å². The van der Waals surface area contributed by atoms with Crippen LogP contribution in [0, 0.1) is 0 Å². The van der Waals surface area contributed by atoms with E-state index in [4.69, 9.17) is 16.3 Å². The first-order chi connectivity index (χ1) is 12.1. The van der Waals surface area contributed by atoms with Crippen molar-refractivity contribution in [3.05, 3.63) is 75.6 Å². The largest absolute Gasteiger partial charge is 0.454 e. The molecule has 0 aliphatic rings. The van der Waals surface area contributed by atoms with Crippen LogP contribution >= 0.6 is 27.5 Å². The number of fused-ring (bicyclic) bond motifs is 1. The number of ether oxygens (including phenoxy) is 1. The summed E-state index contributed by atoms with van der Waals surface area (Å²) in [6, 6.07) is 12.4. The van der Waals surface area contributed by atoms with Gasteiger partial charge >= 0.3 is 5.97 Å². The molecule has 0 aliphatic heterocycles. The number of imidazole rings is 1. The molecule has 7 heteroatoms. The Morgan fingerprint density at radius 2 is 1.96 bits per heavy atom. The van der Waals surface area contributed by atoms with Crippen molar-refractivity contribution in [2.24, 2.45) is 0 Å². The predicted molar refractivity (Wildman–Crippen MR) is 98.7 cm³/mol. The average molecular weight is 420 g/mol. The Kier molecular flexibility index (Phi) is 5.31. The van der Waals surface area contributed by atoms with Crippen molar-refractivity contribution in [3.8, 4) is 0 Å². The Bertz CT molecular complexity index is 981. The van der Waals surface area contributed by atoms with Crippen molar-refractivity contribution in [2.75, 3.05) is 6.61 Å². The topological polar surface area (TPSA) is 60.7 Å². The SMILES string of the molecule is O=C(C=Cc1c(Cl)nc2ccccn12)OCC(=O)c1ccccc1Br. The summed E-state index contributed by atoms with van der Waals surface area (Å²) >= 11 is 9.37. The summed E-state index contributed by atoms with van der Waals surface area (Å²) in [5.41, 5.74) is 1.69. The van der Waals surface area contributed by atoms with E-state index in [9.17, 15) is 9.59 Å². The van der Waals surface area contributed by atoms with Gasteiger partial charge in [-0.1, -0.05) is 51.8 Å². The number of aromatic nitrogens is 2. The molecular formula is C18H12BrClN2O3. The van der Waals surface area contributed by atoms with Crippen LogP contribution in [0.15, 0.2) is 59.2 Å². The third-order valence-electron chi connectivity index (χ3n) is 3.42. The maximum absolute atomic E-state index is 12.1. The Balaban J connectivity index is 1.66. The quantitative estimate of drug-likeness (QED) is 0.353. The first kappa shape index (κ1) is 17.4. The van der Waals surface area contributed by atoms with Crippen LogP contribution in [0.1, 0.15) is 16.1 Å². The zero-order valence-electron chi connectivity index (χ0n) is 12.9. The average Bonchev–Trinajstić information content (AvgIpc) is 2.93. The molecule has 0 unspecified atom stereocenters. The fourth-order valence-corrected chi connectivity index (χ4v) is 2.98. The van der Waals surface area contributed by atoms with Crippen LogP contribution in [0.2, 0.25) is 5.15 Å². The fourth-order valence-electron chi connectivity index (χ4n) is 2.23. The first-order valence-corrected chi connectivity index (χ1v) is 8.48. The van der Waals surface area contributed by atoms with Gasteiger partial charge in [-0.05, 0) is 24.3 Å². The molecule has 25 heavy (non-hydrogen) atoms. The molecule has 0 saturated carbocycles. The normalized spacial score (nSPS) is 11.1. The lowest BCUT2D eigenvalue weighted by Gasteiger charge is -2.03. The van der Waals surface area contributed by atoms with E-state index in [2.05, 4.69) is 20.9 Å². The third kappa shape index (κ3) is 3.97. The number of benzene rings is 1. The fraction of sp³-hybridized carbons (Fsp3) is 0.0556. The van der Waals surface area contributed by atoms with Crippen LogP contribution < -0.4 is 0 Å². The lowest BCUT2D eigenvalue weighted by molar-refractivity contribution is -0.136. The summed E-state index contributed by atoms with van der Waals surface area (Å²) in [4.78, 5) is 28.1. The lowest BCUT2D eigenvalue weighted by atomic mass is 10.1. The molecule has 3 aromatic rings. The number of nitrogens with zero attached hydrogens (tertiary/aromatic N) is 2. The van der Waals surface area contributed by atoms with Crippen molar-refractivity contribution < 1.29 is 14.3 Å². The summed E-state index contributed by atoms with van der Waals surface area (Å²) < 4.78 is 7.40. The molecule has 0 bridgehead atoms. The second kappa shape index (κ2) is 7.63. The summed E-state index contributed by atoms with van der Waals surface area (Å²) in [6.07, 6.45) is 4.51. The number of carbonyl (C=O) groups excluding carboxylic acids is 2. The van der Waals surface area contributed by atoms with E-state index in [0.29, 0.717) is 21.4 Å². The van der Waals surface area contributed by atoms with E-state index in [1.54, 1.807) is 40.9 Å². The summed E-state index contributed by atoms with van der Waals surface area (Å²) in [7, 11) is 0. The van der Waals surface area contributed by atoms with Crippen molar-refractivity contribution in [2.45, 2.75) is 0 Å². The standard InChI is InChI=1S/C18H12BrClN2O3/c19-13-6-2-1-5-12(13)15(23)11-25-17(24)9-8-14-18(20)21-16-7-3-4-10-22(14)16/h1-10H,11H2. The van der Waals surface area contributed by atoms with Gasteiger partial charge in [-0.3, -0.25) is 9.20 Å². The van der Waals surface area contributed by atoms with Gasteiger partial charge in [0, 0.05) is 22.3 Å². The Morgan fingerprint density at radius 1 is 1.20 bits per heavy atom. The number of esters is 1. The second-order valence-corrected chi connectivity index (χ2v) is 6.27. The summed E-state index contributed by atoms with van der Waals surface area (Å²) in [5.74, 6) is -0.926. The Labute approximate surface area is 157 Å². The molecule has 0 atom stereocenters. The van der Waals surface area contributed by atoms with Crippen molar-refractivity contribution >= 4 is 51.0 Å². The highest BCUT2D eigenvalue weighted by atomic mass is 79.9. The number of halogens is 2. The number of rotatable bonds is 5. The lowest BCUT2D eigenvalue weighted by Crippen LogP contribution is -2.13. The number of Topliss-reactive ketones (excluding diaryl/α,β-unsaturated/α-hetero) is 1. The van der Waals surface area contributed by atoms with E-state index >= 15 is 0 Å². The van der Waals surface area contributed by atoms with E-state index in [0.717, 1.165) is 0 Å². The van der Waals surface area contributed by atoms with Gasteiger partial charge in [-0.2, -0.15) is 0 Å². The van der Waals surface area contributed by atoms with E-state index in [-0.39, 0.29) is 17.5 Å². The monoisotopic (exact) mass is 418 g/mol. The maximum Gasteiger partial charge on any atom is 0.331 e. The zero-order valence-corrected chi connectivity index (χ0v) is 15.2. The number of ketones is 1. The minimum atomic E-state index is -0.637. The van der Waals surface area contributed by atoms with Crippen LogP contribution in [0.4, 0.5) is 0 Å². The highest BCUT2D eigenvalue weighted by molar-refractivity contribution is 9.10. The van der Waals surface area contributed by atoms with Gasteiger partial charge in [-0.15, -0.1) is 0 Å². The van der Waals surface area contributed by atoms with Crippen molar-refractivity contribution in [3.63, 3.8) is 0 Å². The van der Waals surface area contributed by atoms with Crippen molar-refractivity contribution in [1.29, 1.82) is 0 Å². The highest BCUT2D eigenvalue weighted by Crippen LogP contribution is 2.19. The van der Waals surface area contributed by atoms with Crippen molar-refractivity contribution in [1.82, 2.24) is 9.38 Å². The molecule has 5 nitrogen and oxygen atoms in total. The van der Waals surface area contributed by atoms with Gasteiger partial charge in [0.1, 0.15) is 5.65 Å². The molecule has 126 valence electrons. The number of carbonyl (C=O) groups is 2. The predicted octanol–water partition coefficient (Wildman–Crippen LogP) is 4.19. The highest BCUT2D eigenvalue weighted by Gasteiger charge is 2.12. The summed E-state index contributed by atoms with van der Waals surface area (Å²) in [5, 5.41) is 0.277. The van der Waals surface area contributed by atoms with Gasteiger partial charge in [-0.25, -0.2) is 9.78 Å². The number of hydrogen-bond donors (Lipinski definition) is 0. The van der Waals surface area contributed by atoms with E-state index in [1.807, 2.05) is 12.1 Å².